The third kappa shape index (κ3) is 3.41. The molecule has 0 aromatic carbocycles. The monoisotopic (exact) mass is 269 g/mol. The number of hydrogen-bond donors (Lipinski definition) is 0. The Balaban J connectivity index is 2.13. The summed E-state index contributed by atoms with van der Waals surface area (Å²) in [5.74, 6) is 0.0775. The number of Topliss-reactive ketones (excluding diaryl/α,β-unsaturated/α-hetero) is 1. The number of aromatic nitrogens is 2. The molecule has 2 rings (SSSR count). The van der Waals surface area contributed by atoms with Gasteiger partial charge in [0.25, 0.3) is 0 Å². The fourth-order valence-electron chi connectivity index (χ4n) is 2.01. The van der Waals surface area contributed by atoms with E-state index in [-0.39, 0.29) is 5.78 Å². The van der Waals surface area contributed by atoms with Crippen LogP contribution in [0.4, 0.5) is 5.69 Å². The van der Waals surface area contributed by atoms with Gasteiger partial charge in [0.2, 0.25) is 0 Å². The van der Waals surface area contributed by atoms with Crippen LogP contribution in [0.3, 0.4) is 0 Å². The van der Waals surface area contributed by atoms with Crippen LogP contribution in [0, 0.1) is 0 Å². The van der Waals surface area contributed by atoms with Crippen molar-refractivity contribution in [3.63, 3.8) is 0 Å². The average molecular weight is 269 g/mol. The quantitative estimate of drug-likeness (QED) is 0.756. The highest BCUT2D eigenvalue weighted by molar-refractivity contribution is 5.94. The number of pyridine rings is 2. The summed E-state index contributed by atoms with van der Waals surface area (Å²) in [6, 6.07) is 7.77. The van der Waals surface area contributed by atoms with Crippen molar-refractivity contribution in [2.75, 3.05) is 11.4 Å². The standard InChI is InChI=1S/C16H19N3O/c1-3-16(20)15-6-5-14(11-18-15)19(4-2)12-13-7-9-17-10-8-13/h5-11H,3-4,12H2,1-2H3. The van der Waals surface area contributed by atoms with Crippen LogP contribution in [0.1, 0.15) is 36.3 Å². The lowest BCUT2D eigenvalue weighted by molar-refractivity contribution is 0.0983. The fourth-order valence-corrected chi connectivity index (χ4v) is 2.01. The van der Waals surface area contributed by atoms with Crippen LogP contribution in [0.2, 0.25) is 0 Å². The zero-order chi connectivity index (χ0) is 14.4. The summed E-state index contributed by atoms with van der Waals surface area (Å²) in [6.45, 7) is 5.64. The first-order chi connectivity index (χ1) is 9.74. The second-order valence-electron chi connectivity index (χ2n) is 4.55. The van der Waals surface area contributed by atoms with Gasteiger partial charge in [-0.25, -0.2) is 0 Å². The molecular formula is C16H19N3O. The third-order valence-corrected chi connectivity index (χ3v) is 3.22. The lowest BCUT2D eigenvalue weighted by Gasteiger charge is -2.22. The zero-order valence-electron chi connectivity index (χ0n) is 11.9. The summed E-state index contributed by atoms with van der Waals surface area (Å²) in [5, 5.41) is 0. The van der Waals surface area contributed by atoms with E-state index in [4.69, 9.17) is 0 Å². The number of carbonyl (C=O) groups excluding carboxylic acids is 1. The Bertz CT molecular complexity index is 552. The van der Waals surface area contributed by atoms with Gasteiger partial charge < -0.3 is 4.90 Å². The van der Waals surface area contributed by atoms with Crippen LogP contribution in [-0.4, -0.2) is 22.3 Å². The first kappa shape index (κ1) is 14.2. The van der Waals surface area contributed by atoms with E-state index >= 15 is 0 Å². The SMILES string of the molecule is CCC(=O)c1ccc(N(CC)Cc2ccncc2)cn1. The fraction of sp³-hybridized carbons (Fsp3) is 0.312. The molecule has 20 heavy (non-hydrogen) atoms. The molecule has 0 fully saturated rings. The molecule has 4 heteroatoms. The van der Waals surface area contributed by atoms with Gasteiger partial charge in [-0.05, 0) is 36.8 Å². The number of hydrogen-bond acceptors (Lipinski definition) is 4. The van der Waals surface area contributed by atoms with Crippen molar-refractivity contribution in [2.45, 2.75) is 26.8 Å². The molecule has 0 bridgehead atoms. The van der Waals surface area contributed by atoms with Crippen molar-refractivity contribution in [1.29, 1.82) is 0 Å². The van der Waals surface area contributed by atoms with Crippen molar-refractivity contribution in [3.8, 4) is 0 Å². The molecule has 2 aromatic heterocycles. The van der Waals surface area contributed by atoms with E-state index in [9.17, 15) is 4.79 Å². The number of rotatable bonds is 6. The Kier molecular flexibility index (Phi) is 4.82. The summed E-state index contributed by atoms with van der Waals surface area (Å²) in [7, 11) is 0. The molecule has 0 N–H and O–H groups in total. The average Bonchev–Trinajstić information content (AvgIpc) is 2.53. The van der Waals surface area contributed by atoms with Crippen LogP contribution < -0.4 is 4.90 Å². The Morgan fingerprint density at radius 1 is 1.15 bits per heavy atom. The normalized spacial score (nSPS) is 10.3. The lowest BCUT2D eigenvalue weighted by Crippen LogP contribution is -2.22. The van der Waals surface area contributed by atoms with E-state index in [0.29, 0.717) is 12.1 Å². The number of nitrogens with zero attached hydrogens (tertiary/aromatic N) is 3. The molecule has 2 heterocycles. The Labute approximate surface area is 119 Å². The van der Waals surface area contributed by atoms with Crippen LogP contribution >= 0.6 is 0 Å². The van der Waals surface area contributed by atoms with Gasteiger partial charge in [-0.2, -0.15) is 0 Å². The first-order valence-electron chi connectivity index (χ1n) is 6.87. The first-order valence-corrected chi connectivity index (χ1v) is 6.87. The molecule has 0 unspecified atom stereocenters. The molecule has 0 spiro atoms. The molecule has 0 aliphatic carbocycles. The van der Waals surface area contributed by atoms with Gasteiger partial charge in [0, 0.05) is 31.9 Å². The molecule has 0 atom stereocenters. The van der Waals surface area contributed by atoms with Crippen molar-refractivity contribution < 1.29 is 4.79 Å². The van der Waals surface area contributed by atoms with E-state index in [0.717, 1.165) is 18.8 Å². The van der Waals surface area contributed by atoms with Crippen molar-refractivity contribution in [1.82, 2.24) is 9.97 Å². The number of ketones is 1. The van der Waals surface area contributed by atoms with E-state index in [1.807, 2.05) is 25.1 Å². The molecule has 0 aliphatic heterocycles. The second kappa shape index (κ2) is 6.80. The number of anilines is 1. The predicted molar refractivity (Wildman–Crippen MR) is 79.8 cm³/mol. The van der Waals surface area contributed by atoms with Crippen molar-refractivity contribution in [3.05, 3.63) is 54.1 Å². The highest BCUT2D eigenvalue weighted by Gasteiger charge is 2.08. The molecule has 0 saturated carbocycles. The summed E-state index contributed by atoms with van der Waals surface area (Å²) >= 11 is 0. The van der Waals surface area contributed by atoms with E-state index < -0.39 is 0 Å². The van der Waals surface area contributed by atoms with Crippen molar-refractivity contribution in [2.24, 2.45) is 0 Å². The smallest absolute Gasteiger partial charge is 0.180 e. The molecule has 0 aliphatic rings. The van der Waals surface area contributed by atoms with Crippen LogP contribution in [0.5, 0.6) is 0 Å². The van der Waals surface area contributed by atoms with E-state index in [2.05, 4.69) is 21.8 Å². The lowest BCUT2D eigenvalue weighted by atomic mass is 10.2. The molecule has 104 valence electrons. The van der Waals surface area contributed by atoms with Gasteiger partial charge in [0.05, 0.1) is 11.9 Å². The number of carbonyl (C=O) groups is 1. The topological polar surface area (TPSA) is 46.1 Å². The minimum absolute atomic E-state index is 0.0775. The Morgan fingerprint density at radius 2 is 1.90 bits per heavy atom. The molecule has 0 radical (unpaired) electrons. The van der Waals surface area contributed by atoms with Crippen LogP contribution in [0.25, 0.3) is 0 Å². The maximum absolute atomic E-state index is 11.6. The minimum atomic E-state index is 0.0775. The molecule has 0 amide bonds. The summed E-state index contributed by atoms with van der Waals surface area (Å²) < 4.78 is 0. The van der Waals surface area contributed by atoms with Crippen LogP contribution in [0.15, 0.2) is 42.9 Å². The minimum Gasteiger partial charge on any atom is -0.366 e. The molecule has 2 aromatic rings. The second-order valence-corrected chi connectivity index (χ2v) is 4.55. The van der Waals surface area contributed by atoms with E-state index in [1.54, 1.807) is 24.7 Å². The third-order valence-electron chi connectivity index (χ3n) is 3.22. The van der Waals surface area contributed by atoms with Gasteiger partial charge in [-0.3, -0.25) is 14.8 Å². The maximum atomic E-state index is 11.6. The summed E-state index contributed by atoms with van der Waals surface area (Å²) in [4.78, 5) is 22.1. The van der Waals surface area contributed by atoms with Gasteiger partial charge in [-0.15, -0.1) is 0 Å². The molecule has 0 saturated heterocycles. The Morgan fingerprint density at radius 3 is 2.45 bits per heavy atom. The van der Waals surface area contributed by atoms with E-state index in [1.165, 1.54) is 5.56 Å². The maximum Gasteiger partial charge on any atom is 0.180 e. The highest BCUT2D eigenvalue weighted by Crippen LogP contribution is 2.16. The summed E-state index contributed by atoms with van der Waals surface area (Å²) in [6.07, 6.45) is 5.85. The zero-order valence-corrected chi connectivity index (χ0v) is 11.9. The Hall–Kier alpha value is -2.23. The molecule has 4 nitrogen and oxygen atoms in total. The predicted octanol–water partition coefficient (Wildman–Crippen LogP) is 3.10. The van der Waals surface area contributed by atoms with Crippen LogP contribution in [-0.2, 0) is 6.54 Å². The highest BCUT2D eigenvalue weighted by atomic mass is 16.1. The van der Waals surface area contributed by atoms with Crippen molar-refractivity contribution >= 4 is 11.5 Å². The largest absolute Gasteiger partial charge is 0.366 e. The van der Waals surface area contributed by atoms with Gasteiger partial charge in [-0.1, -0.05) is 6.92 Å². The van der Waals surface area contributed by atoms with Gasteiger partial charge >= 0.3 is 0 Å². The van der Waals surface area contributed by atoms with Gasteiger partial charge in [0.15, 0.2) is 5.78 Å². The summed E-state index contributed by atoms with van der Waals surface area (Å²) in [5.41, 5.74) is 2.77. The molecular weight excluding hydrogens is 250 g/mol. The van der Waals surface area contributed by atoms with Gasteiger partial charge in [0.1, 0.15) is 5.69 Å².